The summed E-state index contributed by atoms with van der Waals surface area (Å²) in [4.78, 5) is 7.70. The molecule has 2 heterocycles. The van der Waals surface area contributed by atoms with E-state index in [4.69, 9.17) is 4.74 Å². The number of rotatable bonds is 2. The van der Waals surface area contributed by atoms with Gasteiger partial charge in [0.25, 0.3) is 0 Å². The minimum Gasteiger partial charge on any atom is -0.481 e. The largest absolute Gasteiger partial charge is 0.481 e. The van der Waals surface area contributed by atoms with Gasteiger partial charge in [-0.3, -0.25) is 0 Å². The van der Waals surface area contributed by atoms with Crippen LogP contribution in [0.3, 0.4) is 0 Å². The zero-order valence-electron chi connectivity index (χ0n) is 11.6. The van der Waals surface area contributed by atoms with Crippen molar-refractivity contribution in [3.8, 4) is 17.0 Å². The molecule has 0 aliphatic rings. The van der Waals surface area contributed by atoms with E-state index >= 15 is 0 Å². The van der Waals surface area contributed by atoms with Crippen molar-refractivity contribution < 1.29 is 4.74 Å². The van der Waals surface area contributed by atoms with Gasteiger partial charge in [0.05, 0.1) is 12.6 Å². The van der Waals surface area contributed by atoms with Gasteiger partial charge in [-0.1, -0.05) is 36.4 Å². The van der Waals surface area contributed by atoms with Gasteiger partial charge in [-0.25, -0.2) is 4.98 Å². The number of para-hydroxylation sites is 2. The lowest BCUT2D eigenvalue weighted by atomic mass is 10.0. The molecular formula is C18H14N2O. The summed E-state index contributed by atoms with van der Waals surface area (Å²) in [5, 5.41) is 2.48. The molecule has 102 valence electrons. The predicted molar refractivity (Wildman–Crippen MR) is 85.6 cm³/mol. The SMILES string of the molecule is COc1cc(-c2cccc3c2[nH]c2ccccc23)ccn1. The highest BCUT2D eigenvalue weighted by Gasteiger charge is 2.09. The normalized spacial score (nSPS) is 11.1. The number of ether oxygens (including phenoxy) is 1. The molecule has 0 amide bonds. The molecule has 0 saturated carbocycles. The fraction of sp³-hybridized carbons (Fsp3) is 0.0556. The molecule has 3 heteroatoms. The Bertz CT molecular complexity index is 940. The topological polar surface area (TPSA) is 37.9 Å². The number of benzene rings is 2. The third kappa shape index (κ3) is 1.86. The van der Waals surface area contributed by atoms with Gasteiger partial charge in [0.2, 0.25) is 5.88 Å². The number of fused-ring (bicyclic) bond motifs is 3. The molecule has 1 N–H and O–H groups in total. The summed E-state index contributed by atoms with van der Waals surface area (Å²) in [7, 11) is 1.63. The molecule has 4 rings (SSSR count). The van der Waals surface area contributed by atoms with Crippen LogP contribution in [0.2, 0.25) is 0 Å². The predicted octanol–water partition coefficient (Wildman–Crippen LogP) is 4.39. The van der Waals surface area contributed by atoms with Crippen LogP contribution in [-0.2, 0) is 0 Å². The maximum absolute atomic E-state index is 5.23. The first-order chi connectivity index (χ1) is 10.4. The van der Waals surface area contributed by atoms with Crippen molar-refractivity contribution in [1.29, 1.82) is 0 Å². The molecule has 0 fully saturated rings. The maximum Gasteiger partial charge on any atom is 0.213 e. The first-order valence-corrected chi connectivity index (χ1v) is 6.86. The van der Waals surface area contributed by atoms with Crippen molar-refractivity contribution in [3.05, 3.63) is 60.8 Å². The average Bonchev–Trinajstić information content (AvgIpc) is 2.93. The maximum atomic E-state index is 5.23. The van der Waals surface area contributed by atoms with Crippen LogP contribution in [0, 0.1) is 0 Å². The minimum atomic E-state index is 0.626. The van der Waals surface area contributed by atoms with Gasteiger partial charge in [0.1, 0.15) is 0 Å². The van der Waals surface area contributed by atoms with Gasteiger partial charge in [-0.05, 0) is 17.7 Å². The molecule has 0 unspecified atom stereocenters. The van der Waals surface area contributed by atoms with Crippen molar-refractivity contribution in [2.45, 2.75) is 0 Å². The number of pyridine rings is 1. The number of methoxy groups -OCH3 is 1. The second-order valence-corrected chi connectivity index (χ2v) is 4.99. The van der Waals surface area contributed by atoms with Crippen molar-refractivity contribution in [2.75, 3.05) is 7.11 Å². The molecule has 0 spiro atoms. The summed E-state index contributed by atoms with van der Waals surface area (Å²) in [6, 6.07) is 18.7. The molecule has 0 bridgehead atoms. The Hall–Kier alpha value is -2.81. The fourth-order valence-electron chi connectivity index (χ4n) is 2.80. The number of aromatic amines is 1. The first kappa shape index (κ1) is 12.0. The van der Waals surface area contributed by atoms with Crippen LogP contribution in [0.15, 0.2) is 60.8 Å². The Balaban J connectivity index is 2.04. The quantitative estimate of drug-likeness (QED) is 0.588. The van der Waals surface area contributed by atoms with Crippen molar-refractivity contribution in [3.63, 3.8) is 0 Å². The first-order valence-electron chi connectivity index (χ1n) is 6.86. The third-order valence-corrected chi connectivity index (χ3v) is 3.80. The molecule has 0 radical (unpaired) electrons. The molecule has 2 aromatic heterocycles. The van der Waals surface area contributed by atoms with Gasteiger partial charge < -0.3 is 9.72 Å². The Kier molecular flexibility index (Phi) is 2.64. The van der Waals surface area contributed by atoms with Crippen molar-refractivity contribution in [1.82, 2.24) is 9.97 Å². The van der Waals surface area contributed by atoms with Crippen LogP contribution < -0.4 is 4.74 Å². The summed E-state index contributed by atoms with van der Waals surface area (Å²) < 4.78 is 5.23. The lowest BCUT2D eigenvalue weighted by molar-refractivity contribution is 0.398. The fourth-order valence-corrected chi connectivity index (χ4v) is 2.80. The summed E-state index contributed by atoms with van der Waals surface area (Å²) in [6.45, 7) is 0. The Morgan fingerprint density at radius 1 is 0.952 bits per heavy atom. The molecule has 2 aromatic carbocycles. The van der Waals surface area contributed by atoms with Crippen LogP contribution in [-0.4, -0.2) is 17.1 Å². The summed E-state index contributed by atoms with van der Waals surface area (Å²) in [5.74, 6) is 0.626. The van der Waals surface area contributed by atoms with E-state index in [-0.39, 0.29) is 0 Å². The molecular weight excluding hydrogens is 260 g/mol. The average molecular weight is 274 g/mol. The van der Waals surface area contributed by atoms with E-state index in [1.807, 2.05) is 18.2 Å². The summed E-state index contributed by atoms with van der Waals surface area (Å²) in [5.41, 5.74) is 4.55. The van der Waals surface area contributed by atoms with E-state index in [1.165, 1.54) is 10.8 Å². The zero-order chi connectivity index (χ0) is 14.2. The third-order valence-electron chi connectivity index (χ3n) is 3.80. The van der Waals surface area contributed by atoms with Gasteiger partial charge >= 0.3 is 0 Å². The number of nitrogens with zero attached hydrogens (tertiary/aromatic N) is 1. The van der Waals surface area contributed by atoms with Crippen LogP contribution in [0.25, 0.3) is 32.9 Å². The molecule has 0 aliphatic heterocycles. The summed E-state index contributed by atoms with van der Waals surface area (Å²) in [6.07, 6.45) is 1.77. The van der Waals surface area contributed by atoms with Gasteiger partial charge in [-0.2, -0.15) is 0 Å². The van der Waals surface area contributed by atoms with Crippen LogP contribution in [0.4, 0.5) is 0 Å². The standard InChI is InChI=1S/C18H14N2O/c1-21-17-11-12(9-10-19-17)13-6-4-7-15-14-5-2-3-8-16(14)20-18(13)15/h2-11,20H,1H3. The van der Waals surface area contributed by atoms with Gasteiger partial charge in [-0.15, -0.1) is 0 Å². The van der Waals surface area contributed by atoms with Crippen molar-refractivity contribution in [2.24, 2.45) is 0 Å². The Morgan fingerprint density at radius 2 is 1.81 bits per heavy atom. The number of hydrogen-bond donors (Lipinski definition) is 1. The monoisotopic (exact) mass is 274 g/mol. The van der Waals surface area contributed by atoms with E-state index in [1.54, 1.807) is 13.3 Å². The molecule has 21 heavy (non-hydrogen) atoms. The smallest absolute Gasteiger partial charge is 0.213 e. The van der Waals surface area contributed by atoms with E-state index in [0.29, 0.717) is 5.88 Å². The molecule has 0 saturated heterocycles. The minimum absolute atomic E-state index is 0.626. The molecule has 0 atom stereocenters. The lowest BCUT2D eigenvalue weighted by Crippen LogP contribution is -1.88. The van der Waals surface area contributed by atoms with E-state index < -0.39 is 0 Å². The number of H-pyrrole nitrogens is 1. The van der Waals surface area contributed by atoms with Crippen LogP contribution in [0.5, 0.6) is 5.88 Å². The number of nitrogens with one attached hydrogen (secondary N) is 1. The van der Waals surface area contributed by atoms with E-state index in [2.05, 4.69) is 46.4 Å². The Labute approximate surface area is 122 Å². The summed E-state index contributed by atoms with van der Waals surface area (Å²) >= 11 is 0. The van der Waals surface area contributed by atoms with Gasteiger partial charge in [0, 0.05) is 34.1 Å². The van der Waals surface area contributed by atoms with Gasteiger partial charge in [0.15, 0.2) is 0 Å². The van der Waals surface area contributed by atoms with Crippen molar-refractivity contribution >= 4 is 21.8 Å². The van der Waals surface area contributed by atoms with Crippen LogP contribution >= 0.6 is 0 Å². The molecule has 3 nitrogen and oxygen atoms in total. The zero-order valence-corrected chi connectivity index (χ0v) is 11.6. The second-order valence-electron chi connectivity index (χ2n) is 4.99. The van der Waals surface area contributed by atoms with E-state index in [9.17, 15) is 0 Å². The second kappa shape index (κ2) is 4.63. The number of hydrogen-bond acceptors (Lipinski definition) is 2. The highest BCUT2D eigenvalue weighted by molar-refractivity contribution is 6.11. The Morgan fingerprint density at radius 3 is 2.71 bits per heavy atom. The van der Waals surface area contributed by atoms with E-state index in [0.717, 1.165) is 22.2 Å². The van der Waals surface area contributed by atoms with Crippen LogP contribution in [0.1, 0.15) is 0 Å². The highest BCUT2D eigenvalue weighted by atomic mass is 16.5. The lowest BCUT2D eigenvalue weighted by Gasteiger charge is -2.05. The molecule has 0 aliphatic carbocycles. The highest BCUT2D eigenvalue weighted by Crippen LogP contribution is 2.33. The number of aromatic nitrogens is 2. The molecule has 4 aromatic rings.